The molecule has 31 heavy (non-hydrogen) atoms. The Morgan fingerprint density at radius 1 is 1.16 bits per heavy atom. The summed E-state index contributed by atoms with van der Waals surface area (Å²) in [6.07, 6.45) is 3.45. The molecule has 0 bridgehead atoms. The second kappa shape index (κ2) is 11.3. The number of carbonyl (C=O) groups is 1. The van der Waals surface area contributed by atoms with Gasteiger partial charge in [-0.3, -0.25) is 4.79 Å². The number of carbonyl (C=O) groups excluding carboxylic acids is 1. The van der Waals surface area contributed by atoms with E-state index in [-0.39, 0.29) is 17.6 Å². The van der Waals surface area contributed by atoms with Crippen molar-refractivity contribution in [2.75, 3.05) is 39.3 Å². The Bertz CT molecular complexity index is 830. The number of halogens is 1. The van der Waals surface area contributed by atoms with Crippen molar-refractivity contribution < 1.29 is 13.2 Å². The molecule has 0 saturated carbocycles. The van der Waals surface area contributed by atoms with E-state index in [4.69, 9.17) is 0 Å². The Morgan fingerprint density at radius 3 is 2.48 bits per heavy atom. The molecule has 0 aromatic heterocycles. The summed E-state index contributed by atoms with van der Waals surface area (Å²) in [6, 6.07) is 7.39. The maximum Gasteiger partial charge on any atom is 0.223 e. The van der Waals surface area contributed by atoms with Crippen molar-refractivity contribution in [3.05, 3.63) is 34.3 Å². The molecule has 6 nitrogen and oxygen atoms in total. The van der Waals surface area contributed by atoms with Crippen molar-refractivity contribution in [1.82, 2.24) is 14.5 Å². The molecule has 2 saturated heterocycles. The van der Waals surface area contributed by atoms with Crippen LogP contribution in [0.2, 0.25) is 0 Å². The van der Waals surface area contributed by atoms with E-state index in [0.717, 1.165) is 47.9 Å². The predicted octanol–water partition coefficient (Wildman–Crippen LogP) is 3.48. The highest BCUT2D eigenvalue weighted by atomic mass is 79.9. The molecule has 2 aliphatic rings. The minimum absolute atomic E-state index is 0.00294. The van der Waals surface area contributed by atoms with Crippen LogP contribution in [0.5, 0.6) is 0 Å². The SMILES string of the molecule is C[C@@H]1C[C@H](C)CN(CCCNC(=O)C2CCN(S(=O)(=O)Cc3cccc(Br)c3)CC2)C1. The number of benzene rings is 1. The molecular formula is C23H36BrN3O3S. The minimum Gasteiger partial charge on any atom is -0.356 e. The first-order valence-corrected chi connectivity index (χ1v) is 13.9. The van der Waals surface area contributed by atoms with Gasteiger partial charge in [-0.25, -0.2) is 12.7 Å². The van der Waals surface area contributed by atoms with Gasteiger partial charge in [0.05, 0.1) is 5.75 Å². The van der Waals surface area contributed by atoms with Crippen molar-refractivity contribution >= 4 is 31.9 Å². The molecule has 3 rings (SSSR count). The fourth-order valence-electron chi connectivity index (χ4n) is 4.96. The number of rotatable bonds is 8. The molecule has 1 N–H and O–H groups in total. The van der Waals surface area contributed by atoms with E-state index in [1.807, 2.05) is 24.3 Å². The summed E-state index contributed by atoms with van der Waals surface area (Å²) in [4.78, 5) is 15.1. The van der Waals surface area contributed by atoms with Crippen LogP contribution >= 0.6 is 15.9 Å². The third kappa shape index (κ3) is 7.55. The minimum atomic E-state index is -3.37. The lowest BCUT2D eigenvalue weighted by molar-refractivity contribution is -0.126. The first-order chi connectivity index (χ1) is 14.7. The Kier molecular flexibility index (Phi) is 8.96. The molecule has 0 radical (unpaired) electrons. The zero-order chi connectivity index (χ0) is 22.4. The highest BCUT2D eigenvalue weighted by Gasteiger charge is 2.31. The van der Waals surface area contributed by atoms with E-state index in [2.05, 4.69) is 40.0 Å². The van der Waals surface area contributed by atoms with Crippen LogP contribution in [0.1, 0.15) is 45.1 Å². The molecule has 0 spiro atoms. The standard InChI is InChI=1S/C23H36BrN3O3S/c1-18-13-19(2)16-26(15-18)10-4-9-25-23(28)21-7-11-27(12-8-21)31(29,30)17-20-5-3-6-22(24)14-20/h3,5-6,14,18-19,21H,4,7-13,15-17H2,1-2H3,(H,25,28)/t18-,19+. The highest BCUT2D eigenvalue weighted by Crippen LogP contribution is 2.23. The van der Waals surface area contributed by atoms with Gasteiger partial charge >= 0.3 is 0 Å². The molecule has 0 unspecified atom stereocenters. The molecular weight excluding hydrogens is 478 g/mol. The van der Waals surface area contributed by atoms with Gasteiger partial charge in [-0.2, -0.15) is 0 Å². The molecule has 2 atom stereocenters. The second-order valence-electron chi connectivity index (χ2n) is 9.41. The number of sulfonamides is 1. The lowest BCUT2D eigenvalue weighted by Gasteiger charge is -2.35. The number of hydrogen-bond donors (Lipinski definition) is 1. The summed E-state index contributed by atoms with van der Waals surface area (Å²) in [6.45, 7) is 9.50. The van der Waals surface area contributed by atoms with E-state index in [9.17, 15) is 13.2 Å². The van der Waals surface area contributed by atoms with E-state index in [1.165, 1.54) is 10.7 Å². The van der Waals surface area contributed by atoms with Gasteiger partial charge in [-0.15, -0.1) is 0 Å². The average Bonchev–Trinajstić information content (AvgIpc) is 2.70. The van der Waals surface area contributed by atoms with Crippen LogP contribution in [-0.2, 0) is 20.6 Å². The second-order valence-corrected chi connectivity index (χ2v) is 12.3. The largest absolute Gasteiger partial charge is 0.356 e. The van der Waals surface area contributed by atoms with Crippen molar-refractivity contribution in [3.63, 3.8) is 0 Å². The van der Waals surface area contributed by atoms with Crippen LogP contribution < -0.4 is 5.32 Å². The monoisotopic (exact) mass is 513 g/mol. The molecule has 2 fully saturated rings. The molecule has 8 heteroatoms. The Labute approximate surface area is 195 Å². The van der Waals surface area contributed by atoms with Crippen LogP contribution in [-0.4, -0.2) is 62.8 Å². The van der Waals surface area contributed by atoms with Gasteiger partial charge in [0.25, 0.3) is 0 Å². The first-order valence-electron chi connectivity index (χ1n) is 11.5. The lowest BCUT2D eigenvalue weighted by Crippen LogP contribution is -2.44. The fraction of sp³-hybridized carbons (Fsp3) is 0.696. The number of nitrogens with zero attached hydrogens (tertiary/aromatic N) is 2. The number of nitrogens with one attached hydrogen (secondary N) is 1. The third-order valence-corrected chi connectivity index (χ3v) is 8.69. The summed E-state index contributed by atoms with van der Waals surface area (Å²) >= 11 is 3.39. The van der Waals surface area contributed by atoms with Crippen LogP contribution in [0.3, 0.4) is 0 Å². The summed E-state index contributed by atoms with van der Waals surface area (Å²) in [5.41, 5.74) is 0.770. The van der Waals surface area contributed by atoms with Gasteiger partial charge in [-0.05, 0) is 61.8 Å². The van der Waals surface area contributed by atoms with Gasteiger partial charge in [0.2, 0.25) is 15.9 Å². The van der Waals surface area contributed by atoms with E-state index in [1.54, 1.807) is 0 Å². The molecule has 0 aliphatic carbocycles. The smallest absolute Gasteiger partial charge is 0.223 e. The molecule has 174 valence electrons. The zero-order valence-corrected chi connectivity index (χ0v) is 21.1. The van der Waals surface area contributed by atoms with Gasteiger partial charge in [0.15, 0.2) is 0 Å². The predicted molar refractivity (Wildman–Crippen MR) is 128 cm³/mol. The number of likely N-dealkylation sites (tertiary alicyclic amines) is 1. The van der Waals surface area contributed by atoms with Gasteiger partial charge in [0.1, 0.15) is 0 Å². The van der Waals surface area contributed by atoms with Crippen LogP contribution in [0, 0.1) is 17.8 Å². The quantitative estimate of drug-likeness (QED) is 0.540. The van der Waals surface area contributed by atoms with E-state index in [0.29, 0.717) is 32.5 Å². The van der Waals surface area contributed by atoms with Gasteiger partial charge in [-0.1, -0.05) is 41.9 Å². The summed E-state index contributed by atoms with van der Waals surface area (Å²) in [5.74, 6) is 1.49. The van der Waals surface area contributed by atoms with Crippen LogP contribution in [0.25, 0.3) is 0 Å². The normalized spacial score (nSPS) is 24.2. The van der Waals surface area contributed by atoms with E-state index >= 15 is 0 Å². The Morgan fingerprint density at radius 2 is 1.84 bits per heavy atom. The number of hydrogen-bond acceptors (Lipinski definition) is 4. The zero-order valence-electron chi connectivity index (χ0n) is 18.7. The number of amides is 1. The van der Waals surface area contributed by atoms with Crippen molar-refractivity contribution in [1.29, 1.82) is 0 Å². The lowest BCUT2D eigenvalue weighted by atomic mass is 9.92. The fourth-order valence-corrected chi connectivity index (χ4v) is 6.96. The molecule has 1 aromatic carbocycles. The topological polar surface area (TPSA) is 69.7 Å². The van der Waals surface area contributed by atoms with Crippen LogP contribution in [0.4, 0.5) is 0 Å². The molecule has 1 amide bonds. The Hall–Kier alpha value is -0.960. The number of piperidine rings is 2. The Balaban J connectivity index is 1.37. The van der Waals surface area contributed by atoms with Crippen molar-refractivity contribution in [2.45, 2.75) is 45.3 Å². The summed E-state index contributed by atoms with van der Waals surface area (Å²) in [5, 5.41) is 3.08. The highest BCUT2D eigenvalue weighted by molar-refractivity contribution is 9.10. The molecule has 1 aromatic rings. The average molecular weight is 515 g/mol. The molecule has 2 heterocycles. The van der Waals surface area contributed by atoms with Crippen molar-refractivity contribution in [3.8, 4) is 0 Å². The third-order valence-electron chi connectivity index (χ3n) is 6.35. The summed E-state index contributed by atoms with van der Waals surface area (Å²) in [7, 11) is -3.37. The van der Waals surface area contributed by atoms with Gasteiger partial charge < -0.3 is 10.2 Å². The van der Waals surface area contributed by atoms with Crippen molar-refractivity contribution in [2.24, 2.45) is 17.8 Å². The maximum absolute atomic E-state index is 12.8. The maximum atomic E-state index is 12.8. The molecule has 2 aliphatic heterocycles. The first kappa shape index (κ1) is 24.7. The summed E-state index contributed by atoms with van der Waals surface area (Å²) < 4.78 is 27.9. The van der Waals surface area contributed by atoms with E-state index < -0.39 is 10.0 Å². The van der Waals surface area contributed by atoms with Crippen LogP contribution in [0.15, 0.2) is 28.7 Å². The van der Waals surface area contributed by atoms with Gasteiger partial charge in [0, 0.05) is 43.1 Å².